The van der Waals surface area contributed by atoms with Crippen molar-refractivity contribution in [1.82, 2.24) is 5.43 Å². The molecule has 3 rings (SSSR count). The summed E-state index contributed by atoms with van der Waals surface area (Å²) in [5.74, 6) is 1.34. The average Bonchev–Trinajstić information content (AvgIpc) is 2.77. The van der Waals surface area contributed by atoms with Gasteiger partial charge in [0.15, 0.2) is 11.5 Å². The average molecular weight is 392 g/mol. The Morgan fingerprint density at radius 2 is 1.28 bits per heavy atom. The third kappa shape index (κ3) is 4.79. The number of amides is 1. The highest BCUT2D eigenvalue weighted by Gasteiger charge is 2.17. The molecule has 0 unspecified atom stereocenters. The van der Waals surface area contributed by atoms with Crippen molar-refractivity contribution >= 4 is 17.3 Å². The number of hydrogen-bond donors (Lipinski definition) is 1. The largest absolute Gasteiger partial charge is 0.493 e. The normalized spacial score (nSPS) is 10.2. The molecule has 3 aromatic rings. The molecule has 0 aliphatic heterocycles. The van der Waals surface area contributed by atoms with Crippen LogP contribution in [0.2, 0.25) is 0 Å². The number of carbonyl (C=O) groups excluding carboxylic acids is 1. The van der Waals surface area contributed by atoms with E-state index in [4.69, 9.17) is 14.2 Å². The van der Waals surface area contributed by atoms with Crippen LogP contribution >= 0.6 is 0 Å². The number of rotatable bonds is 8. The van der Waals surface area contributed by atoms with Crippen LogP contribution < -0.4 is 24.6 Å². The van der Waals surface area contributed by atoms with Crippen LogP contribution in [0, 0.1) is 0 Å². The lowest BCUT2D eigenvalue weighted by Crippen LogP contribution is -2.39. The summed E-state index contributed by atoms with van der Waals surface area (Å²) in [7, 11) is 4.64. The fourth-order valence-corrected chi connectivity index (χ4v) is 3.02. The van der Waals surface area contributed by atoms with E-state index in [2.05, 4.69) is 5.43 Å². The van der Waals surface area contributed by atoms with Gasteiger partial charge in [0.2, 0.25) is 11.7 Å². The van der Waals surface area contributed by atoms with Crippen molar-refractivity contribution in [3.8, 4) is 17.2 Å². The maximum atomic E-state index is 12.9. The zero-order valence-electron chi connectivity index (χ0n) is 16.7. The Balaban J connectivity index is 1.84. The highest BCUT2D eigenvalue weighted by Crippen LogP contribution is 2.38. The van der Waals surface area contributed by atoms with Crippen molar-refractivity contribution in [1.29, 1.82) is 0 Å². The molecule has 6 heteroatoms. The van der Waals surface area contributed by atoms with Crippen molar-refractivity contribution in [3.05, 3.63) is 78.4 Å². The number of ether oxygens (including phenoxy) is 3. The first kappa shape index (κ1) is 20.1. The molecular weight excluding hydrogens is 368 g/mol. The van der Waals surface area contributed by atoms with Gasteiger partial charge in [-0.25, -0.2) is 0 Å². The molecule has 0 fully saturated rings. The Morgan fingerprint density at radius 1 is 0.793 bits per heavy atom. The summed E-state index contributed by atoms with van der Waals surface area (Å²) in [6.07, 6.45) is 0.146. The van der Waals surface area contributed by atoms with Gasteiger partial charge in [-0.05, 0) is 42.0 Å². The zero-order chi connectivity index (χ0) is 20.6. The smallest absolute Gasteiger partial charge is 0.243 e. The summed E-state index contributed by atoms with van der Waals surface area (Å²) in [5.41, 5.74) is 5.45. The Hall–Kier alpha value is -3.67. The van der Waals surface area contributed by atoms with Gasteiger partial charge in [-0.3, -0.25) is 15.2 Å². The van der Waals surface area contributed by atoms with Gasteiger partial charge in [0, 0.05) is 0 Å². The number of hydrogen-bond acceptors (Lipinski definition) is 5. The predicted molar refractivity (Wildman–Crippen MR) is 113 cm³/mol. The van der Waals surface area contributed by atoms with Crippen LogP contribution in [0.25, 0.3) is 0 Å². The molecule has 1 N–H and O–H groups in total. The highest BCUT2D eigenvalue weighted by molar-refractivity contribution is 5.83. The Kier molecular flexibility index (Phi) is 6.58. The van der Waals surface area contributed by atoms with E-state index in [9.17, 15) is 4.79 Å². The van der Waals surface area contributed by atoms with Crippen LogP contribution in [0.5, 0.6) is 17.2 Å². The van der Waals surface area contributed by atoms with E-state index in [0.717, 1.165) is 16.9 Å². The molecule has 0 spiro atoms. The summed E-state index contributed by atoms with van der Waals surface area (Å²) < 4.78 is 16.1. The molecule has 0 bridgehead atoms. The molecule has 0 aliphatic carbocycles. The molecule has 0 radical (unpaired) electrons. The monoisotopic (exact) mass is 392 g/mol. The molecular formula is C23H24N2O4. The fraction of sp³-hybridized carbons (Fsp3) is 0.174. The molecule has 6 nitrogen and oxygen atoms in total. The van der Waals surface area contributed by atoms with Gasteiger partial charge < -0.3 is 14.2 Å². The van der Waals surface area contributed by atoms with Crippen LogP contribution in [0.1, 0.15) is 5.56 Å². The molecule has 0 atom stereocenters. The lowest BCUT2D eigenvalue weighted by molar-refractivity contribution is -0.120. The number of methoxy groups -OCH3 is 3. The number of hydrazine groups is 1. The molecule has 0 heterocycles. The van der Waals surface area contributed by atoms with Crippen LogP contribution in [-0.2, 0) is 11.2 Å². The van der Waals surface area contributed by atoms with Crippen LogP contribution in [0.15, 0.2) is 72.8 Å². The summed E-state index contributed by atoms with van der Waals surface area (Å²) in [6, 6.07) is 22.9. The topological polar surface area (TPSA) is 60.0 Å². The fourth-order valence-electron chi connectivity index (χ4n) is 3.02. The standard InChI is InChI=1S/C23H24N2O4/c1-27-20-14-17(15-21(28-2)23(20)29-3)16-22(26)24-25(18-10-6-4-7-11-18)19-12-8-5-9-13-19/h4-15H,16H2,1-3H3,(H,24,26). The van der Waals surface area contributed by atoms with Gasteiger partial charge in [0.05, 0.1) is 39.1 Å². The summed E-state index contributed by atoms with van der Waals surface area (Å²) >= 11 is 0. The zero-order valence-corrected chi connectivity index (χ0v) is 16.7. The van der Waals surface area contributed by atoms with E-state index in [1.165, 1.54) is 0 Å². The number of nitrogens with one attached hydrogen (secondary N) is 1. The van der Waals surface area contributed by atoms with Gasteiger partial charge in [-0.2, -0.15) is 0 Å². The number of benzene rings is 3. The predicted octanol–water partition coefficient (Wildman–Crippen LogP) is 4.12. The third-order valence-corrected chi connectivity index (χ3v) is 4.35. The van der Waals surface area contributed by atoms with Gasteiger partial charge in [-0.1, -0.05) is 36.4 Å². The van der Waals surface area contributed by atoms with Gasteiger partial charge in [0.1, 0.15) is 0 Å². The molecule has 1 amide bonds. The molecule has 3 aromatic carbocycles. The highest BCUT2D eigenvalue weighted by atomic mass is 16.5. The first-order chi connectivity index (χ1) is 14.2. The van der Waals surface area contributed by atoms with Crippen LogP contribution in [0.4, 0.5) is 11.4 Å². The maximum absolute atomic E-state index is 12.9. The number of carbonyl (C=O) groups is 1. The first-order valence-corrected chi connectivity index (χ1v) is 9.15. The van der Waals surface area contributed by atoms with E-state index in [0.29, 0.717) is 17.2 Å². The minimum atomic E-state index is -0.174. The molecule has 0 saturated carbocycles. The summed E-state index contributed by atoms with van der Waals surface area (Å²) in [4.78, 5) is 12.9. The second kappa shape index (κ2) is 9.50. The van der Waals surface area contributed by atoms with Crippen molar-refractivity contribution in [2.75, 3.05) is 26.3 Å². The number of para-hydroxylation sites is 2. The first-order valence-electron chi connectivity index (χ1n) is 9.15. The number of anilines is 2. The third-order valence-electron chi connectivity index (χ3n) is 4.35. The Morgan fingerprint density at radius 3 is 1.69 bits per heavy atom. The lowest BCUT2D eigenvalue weighted by Gasteiger charge is -2.25. The second-order valence-electron chi connectivity index (χ2n) is 6.25. The molecule has 150 valence electrons. The van der Waals surface area contributed by atoms with E-state index < -0.39 is 0 Å². The molecule has 0 aromatic heterocycles. The molecule has 0 aliphatic rings. The SMILES string of the molecule is COc1cc(CC(=O)NN(c2ccccc2)c2ccccc2)cc(OC)c1OC. The van der Waals surface area contributed by atoms with Crippen LogP contribution in [-0.4, -0.2) is 27.2 Å². The molecule has 29 heavy (non-hydrogen) atoms. The minimum Gasteiger partial charge on any atom is -0.493 e. The Bertz CT molecular complexity index is 881. The summed E-state index contributed by atoms with van der Waals surface area (Å²) in [5, 5.41) is 1.76. The van der Waals surface area contributed by atoms with Gasteiger partial charge in [0.25, 0.3) is 0 Å². The quantitative estimate of drug-likeness (QED) is 0.584. The molecule has 0 saturated heterocycles. The van der Waals surface area contributed by atoms with E-state index in [1.54, 1.807) is 38.5 Å². The summed E-state index contributed by atoms with van der Waals surface area (Å²) in [6.45, 7) is 0. The Labute approximate surface area is 170 Å². The van der Waals surface area contributed by atoms with Gasteiger partial charge in [-0.15, -0.1) is 0 Å². The maximum Gasteiger partial charge on any atom is 0.243 e. The van der Waals surface area contributed by atoms with Gasteiger partial charge >= 0.3 is 0 Å². The minimum absolute atomic E-state index is 0.146. The van der Waals surface area contributed by atoms with E-state index in [1.807, 2.05) is 60.7 Å². The van der Waals surface area contributed by atoms with E-state index >= 15 is 0 Å². The van der Waals surface area contributed by atoms with Crippen molar-refractivity contribution in [2.45, 2.75) is 6.42 Å². The number of nitrogens with zero attached hydrogens (tertiary/aromatic N) is 1. The van der Waals surface area contributed by atoms with Crippen molar-refractivity contribution < 1.29 is 19.0 Å². The second-order valence-corrected chi connectivity index (χ2v) is 6.25. The van der Waals surface area contributed by atoms with Crippen LogP contribution in [0.3, 0.4) is 0 Å². The van der Waals surface area contributed by atoms with Crippen molar-refractivity contribution in [3.63, 3.8) is 0 Å². The van der Waals surface area contributed by atoms with E-state index in [-0.39, 0.29) is 12.3 Å². The lowest BCUT2D eigenvalue weighted by atomic mass is 10.1. The van der Waals surface area contributed by atoms with Crippen molar-refractivity contribution in [2.24, 2.45) is 0 Å².